The summed E-state index contributed by atoms with van der Waals surface area (Å²) >= 11 is 0. The Morgan fingerprint density at radius 3 is 2.55 bits per heavy atom. The Morgan fingerprint density at radius 1 is 1.24 bits per heavy atom. The van der Waals surface area contributed by atoms with Crippen LogP contribution >= 0.6 is 0 Å². The van der Waals surface area contributed by atoms with Crippen molar-refractivity contribution in [2.45, 2.75) is 51.5 Å². The van der Waals surface area contributed by atoms with Crippen LogP contribution in [0.1, 0.15) is 38.8 Å². The topological polar surface area (TPSA) is 106 Å². The average Bonchev–Trinajstić information content (AvgIpc) is 2.73. The minimum Gasteiger partial charge on any atom is -0.444 e. The van der Waals surface area contributed by atoms with Crippen LogP contribution in [-0.2, 0) is 26.4 Å². The molecule has 0 radical (unpaired) electrons. The van der Waals surface area contributed by atoms with Crippen molar-refractivity contribution in [1.29, 1.82) is 0 Å². The molecule has 0 aromatic heterocycles. The molecule has 0 aliphatic carbocycles. The van der Waals surface area contributed by atoms with E-state index >= 15 is 0 Å². The molecule has 0 spiro atoms. The number of nitrogens with zero attached hydrogens (tertiary/aromatic N) is 2. The first-order valence-corrected chi connectivity index (χ1v) is 10.5. The zero-order valence-electron chi connectivity index (χ0n) is 19.4. The van der Waals surface area contributed by atoms with Gasteiger partial charge in [0.25, 0.3) is 5.91 Å². The number of nitrogens with one attached hydrogen (secondary N) is 1. The summed E-state index contributed by atoms with van der Waals surface area (Å²) in [5, 5.41) is 2.49. The monoisotopic (exact) mass is 456 g/mol. The molecule has 3 N–H and O–H groups in total. The Kier molecular flexibility index (Phi) is 6.73. The zero-order valence-corrected chi connectivity index (χ0v) is 19.4. The fraction of sp³-hybridized carbons (Fsp3) is 0.375. The van der Waals surface area contributed by atoms with Crippen LogP contribution < -0.4 is 11.1 Å². The van der Waals surface area contributed by atoms with E-state index in [1.54, 1.807) is 27.7 Å². The molecule has 1 aliphatic heterocycles. The van der Waals surface area contributed by atoms with Crippen molar-refractivity contribution < 1.29 is 23.5 Å². The Labute approximate surface area is 192 Å². The molecule has 0 saturated carbocycles. The molecule has 1 unspecified atom stereocenters. The minimum absolute atomic E-state index is 0.0745. The molecule has 1 aliphatic rings. The molecule has 1 heterocycles. The molecule has 8 nitrogen and oxygen atoms in total. The van der Waals surface area contributed by atoms with Crippen LogP contribution in [0.15, 0.2) is 53.5 Å². The number of carbonyl (C=O) groups is 2. The molecular formula is C24H29FN4O4. The second kappa shape index (κ2) is 9.19. The first kappa shape index (κ1) is 24.2. The summed E-state index contributed by atoms with van der Waals surface area (Å²) in [6.07, 6.45) is -1.97. The second-order valence-corrected chi connectivity index (χ2v) is 9.02. The highest BCUT2D eigenvalue weighted by molar-refractivity contribution is 6.06. The number of anilines is 1. The first-order valence-electron chi connectivity index (χ1n) is 10.5. The quantitative estimate of drug-likeness (QED) is 0.685. The normalized spacial score (nSPS) is 20.9. The fourth-order valence-electron chi connectivity index (χ4n) is 3.50. The molecule has 2 aromatic rings. The van der Waals surface area contributed by atoms with Crippen molar-refractivity contribution in [3.05, 3.63) is 65.5 Å². The lowest BCUT2D eigenvalue weighted by Gasteiger charge is -2.41. The molecule has 0 bridgehead atoms. The summed E-state index contributed by atoms with van der Waals surface area (Å²) in [5.74, 6) is -1.19. The van der Waals surface area contributed by atoms with Crippen LogP contribution in [0.3, 0.4) is 0 Å². The van der Waals surface area contributed by atoms with Gasteiger partial charge >= 0.3 is 6.09 Å². The fourth-order valence-corrected chi connectivity index (χ4v) is 3.50. The SMILES string of the molecule is CN1C(=O)[C@H](OCc2ccccc2)C(C)(c2cc(N)ccc2F)N=C1NC(=O)OC(C)(C)C. The number of rotatable bonds is 4. The van der Waals surface area contributed by atoms with Gasteiger partial charge in [-0.1, -0.05) is 30.3 Å². The molecule has 0 fully saturated rings. The number of aliphatic imine (C=N–C) groups is 1. The number of nitrogen functional groups attached to an aromatic ring is 1. The Morgan fingerprint density at radius 2 is 1.91 bits per heavy atom. The van der Waals surface area contributed by atoms with Crippen LogP contribution in [0, 0.1) is 5.82 Å². The van der Waals surface area contributed by atoms with E-state index in [1.165, 1.54) is 25.2 Å². The largest absolute Gasteiger partial charge is 0.444 e. The summed E-state index contributed by atoms with van der Waals surface area (Å²) in [4.78, 5) is 31.5. The molecule has 33 heavy (non-hydrogen) atoms. The summed E-state index contributed by atoms with van der Waals surface area (Å²) in [6, 6.07) is 13.3. The van der Waals surface area contributed by atoms with Gasteiger partial charge < -0.3 is 15.2 Å². The van der Waals surface area contributed by atoms with Gasteiger partial charge in [0, 0.05) is 18.3 Å². The van der Waals surface area contributed by atoms with Gasteiger partial charge in [-0.05, 0) is 51.5 Å². The third kappa shape index (κ3) is 5.48. The summed E-state index contributed by atoms with van der Waals surface area (Å²) in [7, 11) is 1.45. The number of ether oxygens (including phenoxy) is 2. The standard InChI is InChI=1S/C24H29FN4O4/c1-23(2,3)33-22(31)27-21-28-24(4,17-13-16(26)11-12-18(17)25)19(20(30)29(21)5)32-14-15-9-7-6-8-10-15/h6-13,19H,14,26H2,1-5H3,(H,27,28,31)/t19-,24?/m0/s1. The van der Waals surface area contributed by atoms with Gasteiger partial charge in [-0.25, -0.2) is 14.2 Å². The third-order valence-electron chi connectivity index (χ3n) is 5.13. The number of benzene rings is 2. The van der Waals surface area contributed by atoms with E-state index < -0.39 is 35.1 Å². The van der Waals surface area contributed by atoms with E-state index in [1.807, 2.05) is 30.3 Å². The second-order valence-electron chi connectivity index (χ2n) is 9.02. The molecule has 0 saturated heterocycles. The lowest BCUT2D eigenvalue weighted by molar-refractivity contribution is -0.146. The average molecular weight is 457 g/mol. The number of alkyl carbamates (subject to hydrolysis) is 1. The number of halogens is 1. The van der Waals surface area contributed by atoms with E-state index in [2.05, 4.69) is 10.3 Å². The number of carbonyl (C=O) groups excluding carboxylic acids is 2. The van der Waals surface area contributed by atoms with Crippen molar-refractivity contribution in [1.82, 2.24) is 10.2 Å². The number of likely N-dealkylation sites (N-methyl/N-ethyl adjacent to an activating group) is 1. The van der Waals surface area contributed by atoms with Crippen molar-refractivity contribution in [2.24, 2.45) is 4.99 Å². The lowest BCUT2D eigenvalue weighted by atomic mass is 9.84. The third-order valence-corrected chi connectivity index (χ3v) is 5.13. The molecule has 3 rings (SSSR count). The van der Waals surface area contributed by atoms with Crippen LogP contribution in [0.2, 0.25) is 0 Å². The van der Waals surface area contributed by atoms with Crippen molar-refractivity contribution in [3.8, 4) is 0 Å². The highest BCUT2D eigenvalue weighted by Crippen LogP contribution is 2.38. The maximum absolute atomic E-state index is 15.0. The van der Waals surface area contributed by atoms with Crippen LogP contribution in [0.5, 0.6) is 0 Å². The highest BCUT2D eigenvalue weighted by Gasteiger charge is 2.49. The minimum atomic E-state index is -1.51. The summed E-state index contributed by atoms with van der Waals surface area (Å²) in [6.45, 7) is 6.81. The number of hydrogen-bond donors (Lipinski definition) is 2. The van der Waals surface area contributed by atoms with Crippen molar-refractivity contribution >= 4 is 23.6 Å². The maximum Gasteiger partial charge on any atom is 0.414 e. The number of nitrogens with two attached hydrogens (primary N) is 1. The number of guanidine groups is 1. The van der Waals surface area contributed by atoms with Crippen LogP contribution in [0.4, 0.5) is 14.9 Å². The molecule has 176 valence electrons. The van der Waals surface area contributed by atoms with Gasteiger partial charge in [-0.15, -0.1) is 0 Å². The summed E-state index contributed by atoms with van der Waals surface area (Å²) in [5.41, 5.74) is 4.86. The number of amides is 2. The van der Waals surface area contributed by atoms with E-state index in [9.17, 15) is 14.0 Å². The van der Waals surface area contributed by atoms with E-state index in [-0.39, 0.29) is 18.1 Å². The number of hydrogen-bond acceptors (Lipinski definition) is 6. The predicted molar refractivity (Wildman–Crippen MR) is 123 cm³/mol. The van der Waals surface area contributed by atoms with E-state index in [4.69, 9.17) is 15.2 Å². The highest BCUT2D eigenvalue weighted by atomic mass is 19.1. The van der Waals surface area contributed by atoms with Crippen LogP contribution in [-0.4, -0.2) is 41.6 Å². The van der Waals surface area contributed by atoms with Gasteiger partial charge in [0.15, 0.2) is 6.10 Å². The van der Waals surface area contributed by atoms with Gasteiger partial charge in [0.05, 0.1) is 6.61 Å². The van der Waals surface area contributed by atoms with E-state index in [0.29, 0.717) is 5.69 Å². The van der Waals surface area contributed by atoms with E-state index in [0.717, 1.165) is 10.5 Å². The maximum atomic E-state index is 15.0. The molecule has 2 aromatic carbocycles. The molecule has 9 heteroatoms. The van der Waals surface area contributed by atoms with Crippen molar-refractivity contribution in [2.75, 3.05) is 12.8 Å². The first-order chi connectivity index (χ1) is 15.4. The Hall–Kier alpha value is -3.46. The molecule has 2 atom stereocenters. The van der Waals surface area contributed by atoms with Gasteiger partial charge in [0.1, 0.15) is 17.0 Å². The Balaban J connectivity index is 2.03. The molecule has 2 amide bonds. The predicted octanol–water partition coefficient (Wildman–Crippen LogP) is 3.56. The summed E-state index contributed by atoms with van der Waals surface area (Å²) < 4.78 is 26.2. The lowest BCUT2D eigenvalue weighted by Crippen LogP contribution is -2.60. The van der Waals surface area contributed by atoms with Crippen LogP contribution in [0.25, 0.3) is 0 Å². The molecular weight excluding hydrogens is 427 g/mol. The van der Waals surface area contributed by atoms with Crippen molar-refractivity contribution in [3.63, 3.8) is 0 Å². The smallest absolute Gasteiger partial charge is 0.414 e. The van der Waals surface area contributed by atoms with Gasteiger partial charge in [-0.2, -0.15) is 0 Å². The zero-order chi connectivity index (χ0) is 24.4. The Bertz CT molecular complexity index is 1070. The van der Waals surface area contributed by atoms with Gasteiger partial charge in [-0.3, -0.25) is 15.0 Å². The van der Waals surface area contributed by atoms with Gasteiger partial charge in [0.2, 0.25) is 5.96 Å².